The van der Waals surface area contributed by atoms with Crippen molar-refractivity contribution in [1.29, 1.82) is 0 Å². The number of nitrogens with one attached hydrogen (secondary N) is 1. The SMILES string of the molecule is CN(C1CCNC1)S(=O)(=O)c1cnn(-c2ccccc2F)c1. The summed E-state index contributed by atoms with van der Waals surface area (Å²) in [7, 11) is -2.07. The van der Waals surface area contributed by atoms with Crippen molar-refractivity contribution in [2.45, 2.75) is 17.4 Å². The average molecular weight is 324 g/mol. The summed E-state index contributed by atoms with van der Waals surface area (Å²) in [6, 6.07) is 6.03. The minimum Gasteiger partial charge on any atom is -0.315 e. The van der Waals surface area contributed by atoms with E-state index in [9.17, 15) is 12.8 Å². The molecule has 118 valence electrons. The lowest BCUT2D eigenvalue weighted by molar-refractivity contribution is 0.388. The van der Waals surface area contributed by atoms with Crippen LogP contribution < -0.4 is 5.32 Å². The van der Waals surface area contributed by atoms with E-state index in [1.54, 1.807) is 25.2 Å². The van der Waals surface area contributed by atoms with Gasteiger partial charge < -0.3 is 5.32 Å². The summed E-state index contributed by atoms with van der Waals surface area (Å²) >= 11 is 0. The van der Waals surface area contributed by atoms with Crippen molar-refractivity contribution in [1.82, 2.24) is 19.4 Å². The van der Waals surface area contributed by atoms with Crippen molar-refractivity contribution in [2.75, 3.05) is 20.1 Å². The number of rotatable bonds is 4. The molecule has 2 aromatic rings. The maximum absolute atomic E-state index is 13.8. The van der Waals surface area contributed by atoms with E-state index in [0.717, 1.165) is 13.0 Å². The van der Waals surface area contributed by atoms with Crippen LogP contribution in [-0.2, 0) is 10.0 Å². The second-order valence-electron chi connectivity index (χ2n) is 5.24. The minimum absolute atomic E-state index is 0.0603. The van der Waals surface area contributed by atoms with Crippen LogP contribution in [0.2, 0.25) is 0 Å². The highest BCUT2D eigenvalue weighted by molar-refractivity contribution is 7.89. The summed E-state index contributed by atoms with van der Waals surface area (Å²) in [5.41, 5.74) is 0.217. The van der Waals surface area contributed by atoms with Gasteiger partial charge in [-0.3, -0.25) is 0 Å². The molecule has 0 radical (unpaired) electrons. The first-order valence-corrected chi connectivity index (χ1v) is 8.42. The molecule has 8 heteroatoms. The molecule has 1 atom stereocenters. The molecule has 22 heavy (non-hydrogen) atoms. The molecule has 1 aromatic carbocycles. The van der Waals surface area contributed by atoms with Crippen molar-refractivity contribution in [3.63, 3.8) is 0 Å². The Morgan fingerprint density at radius 2 is 2.18 bits per heavy atom. The Morgan fingerprint density at radius 3 is 2.86 bits per heavy atom. The van der Waals surface area contributed by atoms with Gasteiger partial charge in [0.05, 0.1) is 12.4 Å². The smallest absolute Gasteiger partial charge is 0.246 e. The van der Waals surface area contributed by atoms with Crippen molar-refractivity contribution >= 4 is 10.0 Å². The molecule has 1 saturated heterocycles. The molecular formula is C14H17FN4O2S. The van der Waals surface area contributed by atoms with Gasteiger partial charge in [-0.05, 0) is 25.1 Å². The largest absolute Gasteiger partial charge is 0.315 e. The van der Waals surface area contributed by atoms with Crippen LogP contribution in [0.4, 0.5) is 4.39 Å². The number of halogens is 1. The van der Waals surface area contributed by atoms with Crippen molar-refractivity contribution in [3.8, 4) is 5.69 Å². The number of sulfonamides is 1. The van der Waals surface area contributed by atoms with Crippen LogP contribution in [0, 0.1) is 5.82 Å². The number of aromatic nitrogens is 2. The fourth-order valence-corrected chi connectivity index (χ4v) is 3.84. The summed E-state index contributed by atoms with van der Waals surface area (Å²) < 4.78 is 41.6. The Hall–Kier alpha value is -1.77. The molecule has 0 spiro atoms. The van der Waals surface area contributed by atoms with Crippen LogP contribution in [-0.4, -0.2) is 48.7 Å². The van der Waals surface area contributed by atoms with Gasteiger partial charge in [0.25, 0.3) is 0 Å². The molecule has 0 bridgehead atoms. The lowest BCUT2D eigenvalue weighted by Gasteiger charge is -2.22. The number of benzene rings is 1. The van der Waals surface area contributed by atoms with E-state index in [1.165, 1.54) is 27.4 Å². The molecule has 1 unspecified atom stereocenters. The predicted octanol–water partition coefficient (Wildman–Crippen LogP) is 0.994. The van der Waals surface area contributed by atoms with Gasteiger partial charge in [-0.15, -0.1) is 0 Å². The molecule has 0 amide bonds. The van der Waals surface area contributed by atoms with Crippen molar-refractivity contribution in [2.24, 2.45) is 0 Å². The van der Waals surface area contributed by atoms with Gasteiger partial charge in [0.2, 0.25) is 10.0 Å². The average Bonchev–Trinajstić information content (AvgIpc) is 3.18. The third-order valence-electron chi connectivity index (χ3n) is 3.88. The summed E-state index contributed by atoms with van der Waals surface area (Å²) in [5.74, 6) is -0.456. The molecular weight excluding hydrogens is 307 g/mol. The quantitative estimate of drug-likeness (QED) is 0.911. The summed E-state index contributed by atoms with van der Waals surface area (Å²) in [5, 5.41) is 7.12. The number of para-hydroxylation sites is 1. The molecule has 1 fully saturated rings. The van der Waals surface area contributed by atoms with Gasteiger partial charge >= 0.3 is 0 Å². The second-order valence-corrected chi connectivity index (χ2v) is 7.24. The highest BCUT2D eigenvalue weighted by Crippen LogP contribution is 2.20. The number of hydrogen-bond acceptors (Lipinski definition) is 4. The monoisotopic (exact) mass is 324 g/mol. The van der Waals surface area contributed by atoms with Gasteiger partial charge in [0.15, 0.2) is 0 Å². The Kier molecular flexibility index (Phi) is 3.98. The standard InChI is InChI=1S/C14H17FN4O2S/c1-18(11-6-7-16-8-11)22(20,21)12-9-17-19(10-12)14-5-3-2-4-13(14)15/h2-5,9-11,16H,6-8H2,1H3. The molecule has 1 aliphatic heterocycles. The van der Waals surface area contributed by atoms with Gasteiger partial charge in [-0.25, -0.2) is 17.5 Å². The van der Waals surface area contributed by atoms with Crippen molar-refractivity contribution < 1.29 is 12.8 Å². The maximum Gasteiger partial charge on any atom is 0.246 e. The van der Waals surface area contributed by atoms with Crippen LogP contribution in [0.1, 0.15) is 6.42 Å². The van der Waals surface area contributed by atoms with E-state index < -0.39 is 15.8 Å². The zero-order valence-electron chi connectivity index (χ0n) is 12.1. The van der Waals surface area contributed by atoms with E-state index in [2.05, 4.69) is 10.4 Å². The van der Waals surface area contributed by atoms with E-state index in [4.69, 9.17) is 0 Å². The molecule has 3 rings (SSSR count). The van der Waals surface area contributed by atoms with E-state index in [-0.39, 0.29) is 16.6 Å². The van der Waals surface area contributed by atoms with E-state index >= 15 is 0 Å². The number of hydrogen-bond donors (Lipinski definition) is 1. The number of nitrogens with zero attached hydrogens (tertiary/aromatic N) is 3. The van der Waals surface area contributed by atoms with Crippen LogP contribution in [0.3, 0.4) is 0 Å². The second kappa shape index (κ2) is 5.79. The first-order chi connectivity index (χ1) is 10.5. The summed E-state index contributed by atoms with van der Waals surface area (Å²) in [6.45, 7) is 1.44. The molecule has 0 saturated carbocycles. The summed E-state index contributed by atoms with van der Waals surface area (Å²) in [6.07, 6.45) is 3.37. The first-order valence-electron chi connectivity index (χ1n) is 6.98. The Bertz CT molecular complexity index is 769. The fraction of sp³-hybridized carbons (Fsp3) is 0.357. The zero-order valence-corrected chi connectivity index (χ0v) is 12.9. The van der Waals surface area contributed by atoms with Crippen molar-refractivity contribution in [3.05, 3.63) is 42.5 Å². The lowest BCUT2D eigenvalue weighted by Crippen LogP contribution is -2.38. The maximum atomic E-state index is 13.8. The van der Waals surface area contributed by atoms with Gasteiger partial charge in [-0.2, -0.15) is 9.40 Å². The number of likely N-dealkylation sites (N-methyl/N-ethyl adjacent to an activating group) is 1. The first kappa shape index (κ1) is 15.1. The van der Waals surface area contributed by atoms with E-state index in [0.29, 0.717) is 6.54 Å². The molecule has 1 aliphatic rings. The van der Waals surface area contributed by atoms with Crippen LogP contribution in [0.5, 0.6) is 0 Å². The molecule has 1 aromatic heterocycles. The fourth-order valence-electron chi connectivity index (χ4n) is 2.52. The van der Waals surface area contributed by atoms with Gasteiger partial charge in [-0.1, -0.05) is 12.1 Å². The van der Waals surface area contributed by atoms with Crippen LogP contribution >= 0.6 is 0 Å². The Morgan fingerprint density at radius 1 is 1.41 bits per heavy atom. The minimum atomic E-state index is -3.63. The van der Waals surface area contributed by atoms with Gasteiger partial charge in [0.1, 0.15) is 16.4 Å². The predicted molar refractivity (Wildman–Crippen MR) is 79.7 cm³/mol. The Labute approximate surface area is 128 Å². The molecule has 1 N–H and O–H groups in total. The van der Waals surface area contributed by atoms with Crippen LogP contribution in [0.25, 0.3) is 5.69 Å². The van der Waals surface area contributed by atoms with E-state index in [1.807, 2.05) is 0 Å². The lowest BCUT2D eigenvalue weighted by atomic mass is 10.3. The zero-order chi connectivity index (χ0) is 15.7. The highest BCUT2D eigenvalue weighted by Gasteiger charge is 2.31. The normalized spacial score (nSPS) is 19.0. The topological polar surface area (TPSA) is 67.2 Å². The highest BCUT2D eigenvalue weighted by atomic mass is 32.2. The van der Waals surface area contributed by atoms with Crippen LogP contribution in [0.15, 0.2) is 41.6 Å². The Balaban J connectivity index is 1.91. The molecule has 6 nitrogen and oxygen atoms in total. The summed E-state index contributed by atoms with van der Waals surface area (Å²) in [4.78, 5) is 0.0603. The molecule has 2 heterocycles. The van der Waals surface area contributed by atoms with Gasteiger partial charge in [0, 0.05) is 19.6 Å². The third kappa shape index (κ3) is 2.65. The third-order valence-corrected chi connectivity index (χ3v) is 5.75. The molecule has 0 aliphatic carbocycles.